The van der Waals surface area contributed by atoms with Crippen LogP contribution in [0, 0.1) is 5.92 Å². The first-order valence-corrected chi connectivity index (χ1v) is 7.45. The average Bonchev–Trinajstić information content (AvgIpc) is 2.49. The number of methoxy groups -OCH3 is 1. The first kappa shape index (κ1) is 15.3. The Morgan fingerprint density at radius 2 is 1.80 bits per heavy atom. The molecule has 4 heteroatoms. The minimum atomic E-state index is 0.534. The molecule has 0 bridgehead atoms. The molecule has 1 aromatic carbocycles. The lowest BCUT2D eigenvalue weighted by molar-refractivity contribution is 0.137. The number of hydrogen-bond donors (Lipinski definition) is 1. The Morgan fingerprint density at radius 1 is 1.15 bits per heavy atom. The Hall–Kier alpha value is -1.10. The largest absolute Gasteiger partial charge is 0.497 e. The van der Waals surface area contributed by atoms with E-state index in [0.717, 1.165) is 38.3 Å². The first-order valence-electron chi connectivity index (χ1n) is 7.45. The van der Waals surface area contributed by atoms with Crippen LogP contribution in [0.2, 0.25) is 0 Å². The lowest BCUT2D eigenvalue weighted by Gasteiger charge is -2.34. The van der Waals surface area contributed by atoms with Crippen molar-refractivity contribution < 1.29 is 4.74 Å². The monoisotopic (exact) mass is 277 g/mol. The molecule has 1 saturated heterocycles. The van der Waals surface area contributed by atoms with Crippen LogP contribution in [0.5, 0.6) is 5.75 Å². The molecule has 0 spiro atoms. The minimum absolute atomic E-state index is 0.534. The zero-order chi connectivity index (χ0) is 14.4. The van der Waals surface area contributed by atoms with E-state index in [2.05, 4.69) is 29.0 Å². The van der Waals surface area contributed by atoms with Gasteiger partial charge in [-0.3, -0.25) is 0 Å². The fourth-order valence-corrected chi connectivity index (χ4v) is 2.71. The van der Waals surface area contributed by atoms with E-state index in [1.165, 1.54) is 18.7 Å². The van der Waals surface area contributed by atoms with Gasteiger partial charge in [-0.2, -0.15) is 0 Å². The molecule has 4 nitrogen and oxygen atoms in total. The van der Waals surface area contributed by atoms with Crippen molar-refractivity contribution >= 4 is 0 Å². The molecular formula is C16H27N3O. The average molecular weight is 277 g/mol. The highest BCUT2D eigenvalue weighted by Gasteiger charge is 2.17. The standard InChI is InChI=1S/C16H27N3O/c1-18-7-9-19(10-8-18)13-15(12-17)11-14-3-5-16(20-2)6-4-14/h3-6,15H,7-13,17H2,1-2H3. The molecule has 112 valence electrons. The van der Waals surface area contributed by atoms with Crippen LogP contribution in [0.25, 0.3) is 0 Å². The van der Waals surface area contributed by atoms with Crippen molar-refractivity contribution in [3.05, 3.63) is 29.8 Å². The molecule has 1 unspecified atom stereocenters. The van der Waals surface area contributed by atoms with Gasteiger partial charge >= 0.3 is 0 Å². The summed E-state index contributed by atoms with van der Waals surface area (Å²) in [4.78, 5) is 4.93. The van der Waals surface area contributed by atoms with Crippen molar-refractivity contribution in [2.24, 2.45) is 11.7 Å². The molecule has 1 aliphatic heterocycles. The van der Waals surface area contributed by atoms with Crippen molar-refractivity contribution in [3.63, 3.8) is 0 Å². The third-order valence-corrected chi connectivity index (χ3v) is 4.13. The zero-order valence-electron chi connectivity index (χ0n) is 12.7. The number of piperazine rings is 1. The van der Waals surface area contributed by atoms with Gasteiger partial charge in [-0.15, -0.1) is 0 Å². The van der Waals surface area contributed by atoms with Gasteiger partial charge in [-0.25, -0.2) is 0 Å². The van der Waals surface area contributed by atoms with E-state index in [1.54, 1.807) is 7.11 Å². The van der Waals surface area contributed by atoms with Gasteiger partial charge in [0.1, 0.15) is 5.75 Å². The van der Waals surface area contributed by atoms with Crippen LogP contribution < -0.4 is 10.5 Å². The van der Waals surface area contributed by atoms with Crippen LogP contribution in [-0.4, -0.2) is 63.2 Å². The van der Waals surface area contributed by atoms with Gasteiger partial charge in [0.15, 0.2) is 0 Å². The Morgan fingerprint density at radius 3 is 2.35 bits per heavy atom. The maximum absolute atomic E-state index is 5.96. The Kier molecular flexibility index (Phi) is 5.83. The molecule has 20 heavy (non-hydrogen) atoms. The summed E-state index contributed by atoms with van der Waals surface area (Å²) in [6.07, 6.45) is 1.05. The normalized spacial score (nSPS) is 18.9. The van der Waals surface area contributed by atoms with Gasteiger partial charge in [0.25, 0.3) is 0 Å². The van der Waals surface area contributed by atoms with Crippen molar-refractivity contribution in [3.8, 4) is 5.75 Å². The van der Waals surface area contributed by atoms with Gasteiger partial charge in [0, 0.05) is 32.7 Å². The van der Waals surface area contributed by atoms with Crippen LogP contribution in [0.15, 0.2) is 24.3 Å². The van der Waals surface area contributed by atoms with Crippen molar-refractivity contribution in [1.29, 1.82) is 0 Å². The highest BCUT2D eigenvalue weighted by molar-refractivity contribution is 5.27. The third kappa shape index (κ3) is 4.47. The van der Waals surface area contributed by atoms with Crippen LogP contribution in [0.1, 0.15) is 5.56 Å². The number of rotatable bonds is 6. The summed E-state index contributed by atoms with van der Waals surface area (Å²) in [5.74, 6) is 1.45. The fourth-order valence-electron chi connectivity index (χ4n) is 2.71. The second-order valence-corrected chi connectivity index (χ2v) is 5.76. The SMILES string of the molecule is COc1ccc(CC(CN)CN2CCN(C)CC2)cc1. The maximum Gasteiger partial charge on any atom is 0.118 e. The molecule has 2 N–H and O–H groups in total. The minimum Gasteiger partial charge on any atom is -0.497 e. The number of nitrogens with two attached hydrogens (primary N) is 1. The highest BCUT2D eigenvalue weighted by Crippen LogP contribution is 2.15. The summed E-state index contributed by atoms with van der Waals surface area (Å²) in [7, 11) is 3.89. The Balaban J connectivity index is 1.84. The molecule has 1 aromatic rings. The van der Waals surface area contributed by atoms with E-state index >= 15 is 0 Å². The molecule has 0 amide bonds. The van der Waals surface area contributed by atoms with E-state index in [4.69, 9.17) is 10.5 Å². The number of ether oxygens (including phenoxy) is 1. The number of hydrogen-bond acceptors (Lipinski definition) is 4. The second kappa shape index (κ2) is 7.62. The summed E-state index contributed by atoms with van der Waals surface area (Å²) in [5.41, 5.74) is 7.30. The second-order valence-electron chi connectivity index (χ2n) is 5.76. The third-order valence-electron chi connectivity index (χ3n) is 4.13. The number of nitrogens with zero attached hydrogens (tertiary/aromatic N) is 2. The van der Waals surface area contributed by atoms with Crippen LogP contribution in [-0.2, 0) is 6.42 Å². The molecule has 1 heterocycles. The molecule has 0 aromatic heterocycles. The lowest BCUT2D eigenvalue weighted by atomic mass is 9.98. The molecule has 1 aliphatic rings. The molecule has 0 radical (unpaired) electrons. The molecule has 2 rings (SSSR count). The van der Waals surface area contributed by atoms with Crippen LogP contribution in [0.3, 0.4) is 0 Å². The Bertz CT molecular complexity index is 385. The molecule has 0 aliphatic carbocycles. The summed E-state index contributed by atoms with van der Waals surface area (Å²) in [5, 5.41) is 0. The van der Waals surface area contributed by atoms with Crippen molar-refractivity contribution in [2.45, 2.75) is 6.42 Å². The van der Waals surface area contributed by atoms with Crippen molar-refractivity contribution in [1.82, 2.24) is 9.80 Å². The van der Waals surface area contributed by atoms with Crippen molar-refractivity contribution in [2.75, 3.05) is 53.4 Å². The summed E-state index contributed by atoms with van der Waals surface area (Å²) < 4.78 is 5.19. The molecule has 1 fully saturated rings. The summed E-state index contributed by atoms with van der Waals surface area (Å²) >= 11 is 0. The topological polar surface area (TPSA) is 41.7 Å². The van der Waals surface area contributed by atoms with E-state index in [1.807, 2.05) is 12.1 Å². The quantitative estimate of drug-likeness (QED) is 0.844. The van der Waals surface area contributed by atoms with E-state index in [9.17, 15) is 0 Å². The fraction of sp³-hybridized carbons (Fsp3) is 0.625. The first-order chi connectivity index (χ1) is 9.71. The van der Waals surface area contributed by atoms with Gasteiger partial charge in [-0.05, 0) is 43.6 Å². The van der Waals surface area contributed by atoms with Gasteiger partial charge in [0.2, 0.25) is 0 Å². The smallest absolute Gasteiger partial charge is 0.118 e. The number of benzene rings is 1. The van der Waals surface area contributed by atoms with Gasteiger partial charge in [-0.1, -0.05) is 12.1 Å². The maximum atomic E-state index is 5.96. The van der Waals surface area contributed by atoms with E-state index in [-0.39, 0.29) is 0 Å². The zero-order valence-corrected chi connectivity index (χ0v) is 12.7. The van der Waals surface area contributed by atoms with Crippen LogP contribution >= 0.6 is 0 Å². The van der Waals surface area contributed by atoms with Gasteiger partial charge in [0.05, 0.1) is 7.11 Å². The highest BCUT2D eigenvalue weighted by atomic mass is 16.5. The van der Waals surface area contributed by atoms with E-state index < -0.39 is 0 Å². The molecular weight excluding hydrogens is 250 g/mol. The van der Waals surface area contributed by atoms with Crippen LogP contribution in [0.4, 0.5) is 0 Å². The Labute approximate surface area is 122 Å². The van der Waals surface area contributed by atoms with Gasteiger partial charge < -0.3 is 20.3 Å². The molecule has 1 atom stereocenters. The summed E-state index contributed by atoms with van der Waals surface area (Å²) in [6.45, 7) is 6.51. The predicted octanol–water partition coefficient (Wildman–Crippen LogP) is 1.06. The lowest BCUT2D eigenvalue weighted by Crippen LogP contribution is -2.47. The van der Waals surface area contributed by atoms with E-state index in [0.29, 0.717) is 5.92 Å². The summed E-state index contributed by atoms with van der Waals surface area (Å²) in [6, 6.07) is 8.34. The molecule has 0 saturated carbocycles. The predicted molar refractivity (Wildman–Crippen MR) is 83.2 cm³/mol. The number of likely N-dealkylation sites (N-methyl/N-ethyl adjacent to an activating group) is 1.